The molecule has 1 aromatic carbocycles. The summed E-state index contributed by atoms with van der Waals surface area (Å²) in [5.41, 5.74) is 5.55. The molecule has 7 heteroatoms. The van der Waals surface area contributed by atoms with Gasteiger partial charge >= 0.3 is 0 Å². The maximum atomic E-state index is 13.7. The first-order valence-corrected chi connectivity index (χ1v) is 9.16. The summed E-state index contributed by atoms with van der Waals surface area (Å²) < 4.78 is 37.5. The third kappa shape index (κ3) is 5.38. The number of sulfone groups is 1. The van der Waals surface area contributed by atoms with E-state index in [0.29, 0.717) is 24.7 Å². The van der Waals surface area contributed by atoms with Crippen LogP contribution in [0.3, 0.4) is 0 Å². The van der Waals surface area contributed by atoms with Crippen molar-refractivity contribution in [2.45, 2.75) is 31.8 Å². The van der Waals surface area contributed by atoms with Gasteiger partial charge in [0.2, 0.25) is 5.91 Å². The Balaban J connectivity index is 1.93. The quantitative estimate of drug-likeness (QED) is 0.735. The molecular formula is C15H21FN2O3S. The molecule has 0 heterocycles. The highest BCUT2D eigenvalue weighted by Gasteiger charge is 2.30. The molecule has 1 saturated carbocycles. The van der Waals surface area contributed by atoms with E-state index in [1.807, 2.05) is 4.90 Å². The summed E-state index contributed by atoms with van der Waals surface area (Å²) in [5, 5.41) is 0. The molecule has 0 saturated heterocycles. The molecular weight excluding hydrogens is 307 g/mol. The number of halogens is 1. The van der Waals surface area contributed by atoms with E-state index in [1.165, 1.54) is 6.07 Å². The van der Waals surface area contributed by atoms with E-state index in [1.54, 1.807) is 18.2 Å². The maximum absolute atomic E-state index is 13.7. The molecule has 0 aliphatic heterocycles. The molecule has 2 N–H and O–H groups in total. The topological polar surface area (TPSA) is 80.5 Å². The van der Waals surface area contributed by atoms with Gasteiger partial charge in [-0.2, -0.15) is 0 Å². The molecule has 0 aromatic heterocycles. The lowest BCUT2D eigenvalue weighted by atomic mass is 10.2. The number of nitrogens with zero attached hydrogens (tertiary/aromatic N) is 1. The zero-order valence-corrected chi connectivity index (χ0v) is 13.2. The Bertz CT molecular complexity index is 629. The minimum Gasteiger partial charge on any atom is -0.370 e. The van der Waals surface area contributed by atoms with Crippen molar-refractivity contribution in [3.63, 3.8) is 0 Å². The minimum atomic E-state index is -3.32. The second-order valence-electron chi connectivity index (χ2n) is 5.66. The Hall–Kier alpha value is -1.47. The third-order valence-corrected chi connectivity index (χ3v) is 5.37. The lowest BCUT2D eigenvalue weighted by molar-refractivity contribution is -0.117. The highest BCUT2D eigenvalue weighted by atomic mass is 32.2. The number of hydrogen-bond acceptors (Lipinski definition) is 4. The fraction of sp³-hybridized carbons (Fsp3) is 0.533. The van der Waals surface area contributed by atoms with Crippen LogP contribution >= 0.6 is 0 Å². The van der Waals surface area contributed by atoms with Gasteiger partial charge < -0.3 is 5.73 Å². The third-order valence-electron chi connectivity index (χ3n) is 3.74. The van der Waals surface area contributed by atoms with Crippen LogP contribution in [0.2, 0.25) is 0 Å². The highest BCUT2D eigenvalue weighted by molar-refractivity contribution is 7.91. The molecule has 0 radical (unpaired) electrons. The molecule has 5 nitrogen and oxygen atoms in total. The van der Waals surface area contributed by atoms with E-state index in [0.717, 1.165) is 12.8 Å². The molecule has 1 aliphatic carbocycles. The lowest BCUT2D eigenvalue weighted by Gasteiger charge is -2.22. The minimum absolute atomic E-state index is 0.0365. The molecule has 1 aliphatic rings. The molecule has 0 bridgehead atoms. The van der Waals surface area contributed by atoms with E-state index >= 15 is 0 Å². The first-order chi connectivity index (χ1) is 10.4. The average Bonchev–Trinajstić information content (AvgIpc) is 3.28. The van der Waals surface area contributed by atoms with Gasteiger partial charge in [0, 0.05) is 31.1 Å². The van der Waals surface area contributed by atoms with Crippen molar-refractivity contribution in [3.05, 3.63) is 35.6 Å². The predicted molar refractivity (Wildman–Crippen MR) is 82.3 cm³/mol. The van der Waals surface area contributed by atoms with Crippen molar-refractivity contribution < 1.29 is 17.6 Å². The van der Waals surface area contributed by atoms with Crippen molar-refractivity contribution in [2.24, 2.45) is 5.73 Å². The molecule has 122 valence electrons. The summed E-state index contributed by atoms with van der Waals surface area (Å²) >= 11 is 0. The largest absolute Gasteiger partial charge is 0.370 e. The average molecular weight is 328 g/mol. The normalized spacial score (nSPS) is 15.2. The summed E-state index contributed by atoms with van der Waals surface area (Å²) in [7, 11) is -3.32. The van der Waals surface area contributed by atoms with Gasteiger partial charge in [-0.25, -0.2) is 12.8 Å². The van der Waals surface area contributed by atoms with Gasteiger partial charge in [0.1, 0.15) is 5.82 Å². The van der Waals surface area contributed by atoms with E-state index in [2.05, 4.69) is 0 Å². The van der Waals surface area contributed by atoms with Crippen LogP contribution < -0.4 is 5.73 Å². The summed E-state index contributed by atoms with van der Waals surface area (Å²) in [6, 6.07) is 6.85. The zero-order chi connectivity index (χ0) is 16.2. The Morgan fingerprint density at radius 1 is 1.27 bits per heavy atom. The first-order valence-electron chi connectivity index (χ1n) is 7.33. The van der Waals surface area contributed by atoms with Gasteiger partial charge in [-0.05, 0) is 18.9 Å². The Kier molecular flexibility index (Phi) is 5.52. The number of primary amides is 1. The van der Waals surface area contributed by atoms with Crippen molar-refractivity contribution in [1.29, 1.82) is 0 Å². The lowest BCUT2D eigenvalue weighted by Crippen LogP contribution is -2.32. The van der Waals surface area contributed by atoms with Gasteiger partial charge in [-0.1, -0.05) is 18.2 Å². The molecule has 1 fully saturated rings. The van der Waals surface area contributed by atoms with Crippen LogP contribution in [-0.2, 0) is 21.2 Å². The van der Waals surface area contributed by atoms with Crippen molar-refractivity contribution in [1.82, 2.24) is 4.90 Å². The van der Waals surface area contributed by atoms with Gasteiger partial charge in [0.25, 0.3) is 0 Å². The number of rotatable bonds is 9. The molecule has 1 aromatic rings. The number of benzene rings is 1. The fourth-order valence-corrected chi connectivity index (χ4v) is 3.52. The van der Waals surface area contributed by atoms with Crippen LogP contribution in [0.4, 0.5) is 4.39 Å². The number of hydrogen-bond donors (Lipinski definition) is 1. The molecule has 0 atom stereocenters. The summed E-state index contributed by atoms with van der Waals surface area (Å²) in [6.45, 7) is 0.753. The van der Waals surface area contributed by atoms with Crippen LogP contribution in [0.25, 0.3) is 0 Å². The summed E-state index contributed by atoms with van der Waals surface area (Å²) in [4.78, 5) is 12.7. The molecule has 2 rings (SSSR count). The fourth-order valence-electron chi connectivity index (χ4n) is 2.29. The van der Waals surface area contributed by atoms with Crippen molar-refractivity contribution in [2.75, 3.05) is 18.1 Å². The maximum Gasteiger partial charge on any atom is 0.218 e. The Labute approximate surface area is 130 Å². The SMILES string of the molecule is NC(=O)CCS(=O)(=O)CCN(Cc1ccccc1F)C1CC1. The van der Waals surface area contributed by atoms with Crippen LogP contribution in [0, 0.1) is 5.82 Å². The standard InChI is InChI=1S/C15H21FN2O3S/c16-14-4-2-1-3-12(14)11-18(13-5-6-13)8-10-22(20,21)9-7-15(17)19/h1-4,13H,5-11H2,(H2,17,19). The molecule has 0 spiro atoms. The second kappa shape index (κ2) is 7.19. The highest BCUT2D eigenvalue weighted by Crippen LogP contribution is 2.28. The smallest absolute Gasteiger partial charge is 0.218 e. The first kappa shape index (κ1) is 16.9. The van der Waals surface area contributed by atoms with Gasteiger partial charge in [0.15, 0.2) is 9.84 Å². The Morgan fingerprint density at radius 2 is 1.95 bits per heavy atom. The van der Waals surface area contributed by atoms with Crippen LogP contribution in [0.5, 0.6) is 0 Å². The monoisotopic (exact) mass is 328 g/mol. The number of carbonyl (C=O) groups excluding carboxylic acids is 1. The molecule has 0 unspecified atom stereocenters. The summed E-state index contributed by atoms with van der Waals surface area (Å²) in [5.74, 6) is -1.15. The number of nitrogens with two attached hydrogens (primary N) is 1. The Morgan fingerprint density at radius 3 is 2.55 bits per heavy atom. The van der Waals surface area contributed by atoms with E-state index in [9.17, 15) is 17.6 Å². The van der Waals surface area contributed by atoms with Crippen LogP contribution in [0.15, 0.2) is 24.3 Å². The van der Waals surface area contributed by atoms with Crippen molar-refractivity contribution in [3.8, 4) is 0 Å². The van der Waals surface area contributed by atoms with E-state index in [4.69, 9.17) is 5.73 Å². The molecule has 1 amide bonds. The van der Waals surface area contributed by atoms with E-state index < -0.39 is 15.7 Å². The van der Waals surface area contributed by atoms with Gasteiger partial charge in [-0.3, -0.25) is 9.69 Å². The number of carbonyl (C=O) groups is 1. The van der Waals surface area contributed by atoms with Crippen molar-refractivity contribution >= 4 is 15.7 Å². The summed E-state index contributed by atoms with van der Waals surface area (Å²) in [6.07, 6.45) is 1.87. The van der Waals surface area contributed by atoms with Crippen LogP contribution in [-0.4, -0.2) is 43.3 Å². The van der Waals surface area contributed by atoms with Gasteiger partial charge in [-0.15, -0.1) is 0 Å². The van der Waals surface area contributed by atoms with E-state index in [-0.39, 0.29) is 23.7 Å². The predicted octanol–water partition coefficient (Wildman–Crippen LogP) is 1.08. The zero-order valence-electron chi connectivity index (χ0n) is 12.4. The molecule has 22 heavy (non-hydrogen) atoms. The van der Waals surface area contributed by atoms with Crippen LogP contribution in [0.1, 0.15) is 24.8 Å². The van der Waals surface area contributed by atoms with Gasteiger partial charge in [0.05, 0.1) is 11.5 Å². The number of amides is 1. The second-order valence-corrected chi connectivity index (χ2v) is 7.96.